The second-order valence-corrected chi connectivity index (χ2v) is 7.19. The zero-order valence-electron chi connectivity index (χ0n) is 15.8. The van der Waals surface area contributed by atoms with Crippen molar-refractivity contribution in [2.24, 2.45) is 0 Å². The van der Waals surface area contributed by atoms with Crippen LogP contribution in [0.5, 0.6) is 5.75 Å². The third-order valence-corrected chi connectivity index (χ3v) is 5.14. The Morgan fingerprint density at radius 3 is 2.62 bits per heavy atom. The van der Waals surface area contributed by atoms with Crippen LogP contribution < -0.4 is 10.1 Å². The maximum absolute atomic E-state index is 13.5. The molecule has 2 amide bonds. The number of benzene rings is 3. The zero-order chi connectivity index (χ0) is 20.4. The maximum atomic E-state index is 13.5. The van der Waals surface area contributed by atoms with E-state index in [9.17, 15) is 9.59 Å². The lowest BCUT2D eigenvalue weighted by Gasteiger charge is -2.30. The average molecular weight is 407 g/mol. The highest BCUT2D eigenvalue weighted by Crippen LogP contribution is 2.38. The van der Waals surface area contributed by atoms with Crippen molar-refractivity contribution in [3.63, 3.8) is 0 Å². The highest BCUT2D eigenvalue weighted by atomic mass is 35.5. The van der Waals surface area contributed by atoms with Crippen LogP contribution in [0.1, 0.15) is 27.5 Å². The van der Waals surface area contributed by atoms with Gasteiger partial charge in [-0.3, -0.25) is 9.59 Å². The number of hydrogen-bond donors (Lipinski definition) is 1. The van der Waals surface area contributed by atoms with Gasteiger partial charge in [-0.2, -0.15) is 0 Å². The topological polar surface area (TPSA) is 58.6 Å². The molecule has 0 bridgehead atoms. The van der Waals surface area contributed by atoms with Gasteiger partial charge in [0.15, 0.2) is 0 Å². The van der Waals surface area contributed by atoms with Gasteiger partial charge in [0.05, 0.1) is 13.2 Å². The summed E-state index contributed by atoms with van der Waals surface area (Å²) in [5, 5.41) is 3.43. The van der Waals surface area contributed by atoms with Crippen LogP contribution in [-0.2, 0) is 4.79 Å². The molecule has 1 atom stereocenters. The van der Waals surface area contributed by atoms with Crippen molar-refractivity contribution in [1.29, 1.82) is 0 Å². The second kappa shape index (κ2) is 7.97. The van der Waals surface area contributed by atoms with E-state index in [0.29, 0.717) is 22.0 Å². The summed E-state index contributed by atoms with van der Waals surface area (Å²) in [6.45, 7) is -0.0814. The summed E-state index contributed by atoms with van der Waals surface area (Å²) in [4.78, 5) is 27.7. The molecule has 0 aromatic heterocycles. The van der Waals surface area contributed by atoms with E-state index in [-0.39, 0.29) is 18.4 Å². The number of nitrogens with zero attached hydrogens (tertiary/aromatic N) is 1. The van der Waals surface area contributed by atoms with Gasteiger partial charge in [0.25, 0.3) is 5.91 Å². The molecule has 0 spiro atoms. The minimum atomic E-state index is -0.470. The second-order valence-electron chi connectivity index (χ2n) is 6.76. The van der Waals surface area contributed by atoms with Crippen LogP contribution in [0, 0.1) is 0 Å². The van der Waals surface area contributed by atoms with Crippen molar-refractivity contribution >= 4 is 29.1 Å². The van der Waals surface area contributed by atoms with E-state index in [1.165, 1.54) is 0 Å². The molecule has 5 nitrogen and oxygen atoms in total. The fourth-order valence-corrected chi connectivity index (χ4v) is 3.76. The number of rotatable bonds is 3. The SMILES string of the molecule is COc1cccc(C(=O)N2CC(=O)Nc3ccc(Cl)cc3C2c2ccccc2)c1. The third-order valence-electron chi connectivity index (χ3n) is 4.90. The van der Waals surface area contributed by atoms with Crippen LogP contribution in [0.2, 0.25) is 5.02 Å². The Labute approximate surface area is 173 Å². The molecule has 4 rings (SSSR count). The van der Waals surface area contributed by atoms with E-state index in [1.54, 1.807) is 54.5 Å². The van der Waals surface area contributed by atoms with Crippen molar-refractivity contribution in [2.75, 3.05) is 19.0 Å². The summed E-state index contributed by atoms with van der Waals surface area (Å²) in [6, 6.07) is 21.4. The predicted molar refractivity (Wildman–Crippen MR) is 112 cm³/mol. The first kappa shape index (κ1) is 19.0. The summed E-state index contributed by atoms with van der Waals surface area (Å²) in [6.07, 6.45) is 0. The number of halogens is 1. The lowest BCUT2D eigenvalue weighted by Crippen LogP contribution is -2.39. The molecule has 3 aromatic carbocycles. The largest absolute Gasteiger partial charge is 0.497 e. The van der Waals surface area contributed by atoms with E-state index in [2.05, 4.69) is 5.32 Å². The molecule has 1 heterocycles. The quantitative estimate of drug-likeness (QED) is 0.695. The van der Waals surface area contributed by atoms with Crippen LogP contribution >= 0.6 is 11.6 Å². The number of carbonyl (C=O) groups is 2. The van der Waals surface area contributed by atoms with E-state index < -0.39 is 6.04 Å². The molecule has 1 N–H and O–H groups in total. The van der Waals surface area contributed by atoms with E-state index in [4.69, 9.17) is 16.3 Å². The van der Waals surface area contributed by atoms with Crippen LogP contribution in [0.4, 0.5) is 5.69 Å². The molecule has 0 saturated carbocycles. The number of carbonyl (C=O) groups excluding carboxylic acids is 2. The van der Waals surface area contributed by atoms with Crippen LogP contribution in [-0.4, -0.2) is 30.4 Å². The number of hydrogen-bond acceptors (Lipinski definition) is 3. The first-order chi connectivity index (χ1) is 14.1. The summed E-state index contributed by atoms with van der Waals surface area (Å²) in [5.74, 6) is 0.0545. The predicted octanol–water partition coefficient (Wildman–Crippen LogP) is 4.53. The number of ether oxygens (including phenoxy) is 1. The molecule has 0 radical (unpaired) electrons. The van der Waals surface area contributed by atoms with Crippen LogP contribution in [0.15, 0.2) is 72.8 Å². The molecule has 1 aliphatic rings. The van der Waals surface area contributed by atoms with Gasteiger partial charge < -0.3 is 15.0 Å². The Bertz CT molecular complexity index is 1070. The fourth-order valence-electron chi connectivity index (χ4n) is 3.58. The number of anilines is 1. The summed E-state index contributed by atoms with van der Waals surface area (Å²) in [5.41, 5.74) is 2.76. The molecule has 0 fully saturated rings. The summed E-state index contributed by atoms with van der Waals surface area (Å²) in [7, 11) is 1.55. The number of methoxy groups -OCH3 is 1. The molecule has 0 aliphatic carbocycles. The Hall–Kier alpha value is -3.31. The lowest BCUT2D eigenvalue weighted by atomic mass is 9.95. The van der Waals surface area contributed by atoms with Gasteiger partial charge in [-0.15, -0.1) is 0 Å². The van der Waals surface area contributed by atoms with Crippen molar-refractivity contribution in [3.8, 4) is 5.75 Å². The molecule has 0 saturated heterocycles. The normalized spacial score (nSPS) is 15.9. The molecule has 1 aliphatic heterocycles. The molecule has 3 aromatic rings. The minimum absolute atomic E-state index is 0.0814. The zero-order valence-corrected chi connectivity index (χ0v) is 16.5. The lowest BCUT2D eigenvalue weighted by molar-refractivity contribution is -0.117. The first-order valence-electron chi connectivity index (χ1n) is 9.16. The minimum Gasteiger partial charge on any atom is -0.497 e. The van der Waals surface area contributed by atoms with Gasteiger partial charge in [0.2, 0.25) is 5.91 Å². The summed E-state index contributed by atoms with van der Waals surface area (Å²) < 4.78 is 5.25. The van der Waals surface area contributed by atoms with Crippen molar-refractivity contribution in [2.45, 2.75) is 6.04 Å². The van der Waals surface area contributed by atoms with Crippen molar-refractivity contribution in [1.82, 2.24) is 4.90 Å². The molecular formula is C23H19ClN2O3. The van der Waals surface area contributed by atoms with Gasteiger partial charge in [-0.1, -0.05) is 48.0 Å². The van der Waals surface area contributed by atoms with Gasteiger partial charge >= 0.3 is 0 Å². The average Bonchev–Trinajstić information content (AvgIpc) is 2.89. The number of fused-ring (bicyclic) bond motifs is 1. The van der Waals surface area contributed by atoms with Gasteiger partial charge in [-0.25, -0.2) is 0 Å². The van der Waals surface area contributed by atoms with E-state index in [1.807, 2.05) is 30.3 Å². The van der Waals surface area contributed by atoms with E-state index >= 15 is 0 Å². The molecule has 1 unspecified atom stereocenters. The van der Waals surface area contributed by atoms with Crippen LogP contribution in [0.25, 0.3) is 0 Å². The van der Waals surface area contributed by atoms with Gasteiger partial charge in [-0.05, 0) is 42.0 Å². The van der Waals surface area contributed by atoms with Crippen LogP contribution in [0.3, 0.4) is 0 Å². The first-order valence-corrected chi connectivity index (χ1v) is 9.54. The monoisotopic (exact) mass is 406 g/mol. The maximum Gasteiger partial charge on any atom is 0.255 e. The summed E-state index contributed by atoms with van der Waals surface area (Å²) >= 11 is 6.27. The highest BCUT2D eigenvalue weighted by molar-refractivity contribution is 6.30. The molecule has 6 heteroatoms. The fraction of sp³-hybridized carbons (Fsp3) is 0.130. The Balaban J connectivity index is 1.87. The van der Waals surface area contributed by atoms with Gasteiger partial charge in [0, 0.05) is 21.8 Å². The number of amides is 2. The number of nitrogens with one attached hydrogen (secondary N) is 1. The molecular weight excluding hydrogens is 388 g/mol. The van der Waals surface area contributed by atoms with Crippen molar-refractivity contribution < 1.29 is 14.3 Å². The Morgan fingerprint density at radius 2 is 1.86 bits per heavy atom. The smallest absolute Gasteiger partial charge is 0.255 e. The molecule has 29 heavy (non-hydrogen) atoms. The Kier molecular flexibility index (Phi) is 5.23. The highest BCUT2D eigenvalue weighted by Gasteiger charge is 2.34. The Morgan fingerprint density at radius 1 is 1.07 bits per heavy atom. The standard InChI is InChI=1S/C23H19ClN2O3/c1-29-18-9-5-8-16(12-18)23(28)26-14-21(27)25-20-11-10-17(24)13-19(20)22(26)15-6-3-2-4-7-15/h2-13,22H,14H2,1H3,(H,25,27). The van der Waals surface area contributed by atoms with Gasteiger partial charge in [0.1, 0.15) is 12.3 Å². The third kappa shape index (κ3) is 3.82. The van der Waals surface area contributed by atoms with Crippen molar-refractivity contribution in [3.05, 3.63) is 94.5 Å². The van der Waals surface area contributed by atoms with E-state index in [0.717, 1.165) is 11.1 Å². The molecule has 146 valence electrons.